The second kappa shape index (κ2) is 7.25. The van der Waals surface area contributed by atoms with Crippen LogP contribution in [0.15, 0.2) is 24.3 Å². The number of rotatable bonds is 5. The minimum atomic E-state index is -1.05. The molecule has 6 nitrogen and oxygen atoms in total. The number of hydrogen-bond donors (Lipinski definition) is 1. The van der Waals surface area contributed by atoms with Crippen molar-refractivity contribution in [1.82, 2.24) is 4.90 Å². The molecule has 0 bridgehead atoms. The summed E-state index contributed by atoms with van der Waals surface area (Å²) in [5.41, 5.74) is 0.209. The third kappa shape index (κ3) is 3.69. The Hall–Kier alpha value is -2.39. The van der Waals surface area contributed by atoms with Gasteiger partial charge < -0.3 is 14.7 Å². The number of nitriles is 1. The fourth-order valence-electron chi connectivity index (χ4n) is 3.02. The van der Waals surface area contributed by atoms with Gasteiger partial charge in [-0.15, -0.1) is 0 Å². The summed E-state index contributed by atoms with van der Waals surface area (Å²) in [6.45, 7) is 0.748. The summed E-state index contributed by atoms with van der Waals surface area (Å²) in [4.78, 5) is 25.9. The van der Waals surface area contributed by atoms with Crippen molar-refractivity contribution in [3.8, 4) is 6.07 Å². The van der Waals surface area contributed by atoms with Crippen molar-refractivity contribution in [2.45, 2.75) is 19.3 Å². The highest BCUT2D eigenvalue weighted by Gasteiger charge is 2.43. The molecule has 6 heteroatoms. The summed E-state index contributed by atoms with van der Waals surface area (Å²) in [5, 5.41) is 18.3. The van der Waals surface area contributed by atoms with Crippen LogP contribution < -0.4 is 0 Å². The van der Waals surface area contributed by atoms with Crippen LogP contribution in [0.1, 0.15) is 28.8 Å². The molecule has 1 aromatic rings. The zero-order chi connectivity index (χ0) is 16.9. The van der Waals surface area contributed by atoms with Crippen molar-refractivity contribution in [3.05, 3.63) is 35.4 Å². The molecule has 0 spiro atoms. The van der Waals surface area contributed by atoms with Gasteiger partial charge in [-0.3, -0.25) is 9.59 Å². The quantitative estimate of drug-likeness (QED) is 0.893. The number of piperidine rings is 1. The van der Waals surface area contributed by atoms with Gasteiger partial charge >= 0.3 is 5.97 Å². The van der Waals surface area contributed by atoms with Gasteiger partial charge in [-0.05, 0) is 30.5 Å². The summed E-state index contributed by atoms with van der Waals surface area (Å²) >= 11 is 0. The summed E-state index contributed by atoms with van der Waals surface area (Å²) in [7, 11) is 1.47. The number of benzene rings is 1. The molecule has 23 heavy (non-hydrogen) atoms. The van der Waals surface area contributed by atoms with Gasteiger partial charge in [0.05, 0.1) is 19.1 Å². The highest BCUT2D eigenvalue weighted by atomic mass is 16.5. The van der Waals surface area contributed by atoms with Crippen molar-refractivity contribution in [2.75, 3.05) is 26.8 Å². The van der Waals surface area contributed by atoms with Gasteiger partial charge in [-0.2, -0.15) is 5.26 Å². The molecule has 1 aliphatic rings. The molecular formula is C17H20N2O4. The molecule has 0 radical (unpaired) electrons. The molecule has 1 amide bonds. The molecule has 0 saturated carbocycles. The van der Waals surface area contributed by atoms with Crippen LogP contribution in [-0.2, 0) is 16.0 Å². The standard InChI is InChI=1S/C17H20N2O4/c1-23-12-17(16(21)22)7-3-9-19(11-17)15(20)14-5-2-4-13(10-14)6-8-18/h2,4-5,10H,3,6-7,9,11-12H2,1H3,(H,21,22). The van der Waals surface area contributed by atoms with E-state index in [9.17, 15) is 14.7 Å². The number of hydrogen-bond acceptors (Lipinski definition) is 4. The van der Waals surface area contributed by atoms with Crippen molar-refractivity contribution in [2.24, 2.45) is 5.41 Å². The van der Waals surface area contributed by atoms with Gasteiger partial charge in [0.25, 0.3) is 5.91 Å². The first-order chi connectivity index (χ1) is 11.0. The van der Waals surface area contributed by atoms with Gasteiger partial charge in [0, 0.05) is 25.8 Å². The van der Waals surface area contributed by atoms with E-state index in [0.29, 0.717) is 24.9 Å². The first-order valence-corrected chi connectivity index (χ1v) is 7.50. The maximum Gasteiger partial charge on any atom is 0.313 e. The van der Waals surface area contributed by atoms with Gasteiger partial charge in [0.15, 0.2) is 0 Å². The molecule has 1 fully saturated rings. The van der Waals surface area contributed by atoms with Crippen molar-refractivity contribution in [3.63, 3.8) is 0 Å². The minimum absolute atomic E-state index is 0.0839. The van der Waals surface area contributed by atoms with Crippen molar-refractivity contribution >= 4 is 11.9 Å². The Kier molecular flexibility index (Phi) is 5.35. The smallest absolute Gasteiger partial charge is 0.313 e. The van der Waals surface area contributed by atoms with Crippen LogP contribution in [0.2, 0.25) is 0 Å². The Morgan fingerprint density at radius 2 is 2.26 bits per heavy atom. The Labute approximate surface area is 135 Å². The van der Waals surface area contributed by atoms with Gasteiger partial charge in [0.1, 0.15) is 5.41 Å². The van der Waals surface area contributed by atoms with E-state index < -0.39 is 11.4 Å². The number of ether oxygens (including phenoxy) is 1. The van der Waals surface area contributed by atoms with E-state index in [1.165, 1.54) is 7.11 Å². The lowest BCUT2D eigenvalue weighted by atomic mass is 9.80. The van der Waals surface area contributed by atoms with E-state index in [2.05, 4.69) is 6.07 Å². The lowest BCUT2D eigenvalue weighted by molar-refractivity contribution is -0.155. The molecule has 1 aliphatic heterocycles. The molecule has 122 valence electrons. The average Bonchev–Trinajstić information content (AvgIpc) is 2.55. The van der Waals surface area contributed by atoms with E-state index in [1.807, 2.05) is 0 Å². The summed E-state index contributed by atoms with van der Waals surface area (Å²) in [6, 6.07) is 8.97. The maximum absolute atomic E-state index is 12.7. The van der Waals surface area contributed by atoms with E-state index in [-0.39, 0.29) is 25.5 Å². The largest absolute Gasteiger partial charge is 0.481 e. The number of likely N-dealkylation sites (tertiary alicyclic amines) is 1. The van der Waals surface area contributed by atoms with Crippen LogP contribution in [-0.4, -0.2) is 48.7 Å². The normalized spacial score (nSPS) is 20.8. The lowest BCUT2D eigenvalue weighted by Gasteiger charge is -2.39. The lowest BCUT2D eigenvalue weighted by Crippen LogP contribution is -2.52. The zero-order valence-corrected chi connectivity index (χ0v) is 13.1. The molecule has 1 N–H and O–H groups in total. The van der Waals surface area contributed by atoms with Crippen molar-refractivity contribution in [1.29, 1.82) is 5.26 Å². The number of carbonyl (C=O) groups excluding carboxylic acids is 1. The number of nitrogens with zero attached hydrogens (tertiary/aromatic N) is 2. The van der Waals surface area contributed by atoms with Crippen LogP contribution in [0.5, 0.6) is 0 Å². The zero-order valence-electron chi connectivity index (χ0n) is 13.1. The monoisotopic (exact) mass is 316 g/mol. The van der Waals surface area contributed by atoms with Crippen LogP contribution in [0, 0.1) is 16.7 Å². The number of carbonyl (C=O) groups is 2. The van der Waals surface area contributed by atoms with Crippen LogP contribution in [0.25, 0.3) is 0 Å². The van der Waals surface area contributed by atoms with Crippen molar-refractivity contribution < 1.29 is 19.4 Å². The molecule has 1 aromatic carbocycles. The summed E-state index contributed by atoms with van der Waals surface area (Å²) in [5.74, 6) is -1.14. The van der Waals surface area contributed by atoms with Gasteiger partial charge in [-0.1, -0.05) is 12.1 Å². The Morgan fingerprint density at radius 3 is 2.91 bits per heavy atom. The minimum Gasteiger partial charge on any atom is -0.481 e. The second-order valence-corrected chi connectivity index (χ2v) is 5.88. The third-order valence-electron chi connectivity index (χ3n) is 4.20. The van der Waals surface area contributed by atoms with Gasteiger partial charge in [-0.25, -0.2) is 0 Å². The molecular weight excluding hydrogens is 296 g/mol. The number of amides is 1. The highest BCUT2D eigenvalue weighted by molar-refractivity contribution is 5.95. The molecule has 0 aromatic heterocycles. The Balaban J connectivity index is 2.20. The fraction of sp³-hybridized carbons (Fsp3) is 0.471. The number of aliphatic carboxylic acids is 1. The fourth-order valence-corrected chi connectivity index (χ4v) is 3.02. The SMILES string of the molecule is COCC1(C(=O)O)CCCN(C(=O)c2cccc(CC#N)c2)C1. The van der Waals surface area contributed by atoms with Gasteiger partial charge in [0.2, 0.25) is 0 Å². The third-order valence-corrected chi connectivity index (χ3v) is 4.20. The summed E-state index contributed by atoms with van der Waals surface area (Å²) in [6.07, 6.45) is 1.36. The summed E-state index contributed by atoms with van der Waals surface area (Å²) < 4.78 is 5.08. The van der Waals surface area contributed by atoms with E-state index >= 15 is 0 Å². The molecule has 0 aliphatic carbocycles. The van der Waals surface area contributed by atoms with E-state index in [0.717, 1.165) is 5.56 Å². The van der Waals surface area contributed by atoms with E-state index in [4.69, 9.17) is 10.00 Å². The second-order valence-electron chi connectivity index (χ2n) is 5.88. The molecule has 1 atom stereocenters. The average molecular weight is 316 g/mol. The van der Waals surface area contributed by atoms with E-state index in [1.54, 1.807) is 29.2 Å². The number of carboxylic acids is 1. The topological polar surface area (TPSA) is 90.6 Å². The predicted octanol–water partition coefficient (Wildman–Crippen LogP) is 1.71. The highest BCUT2D eigenvalue weighted by Crippen LogP contribution is 2.31. The predicted molar refractivity (Wildman–Crippen MR) is 82.8 cm³/mol. The first kappa shape index (κ1) is 17.0. The maximum atomic E-state index is 12.7. The molecule has 2 rings (SSSR count). The molecule has 1 heterocycles. The molecule has 1 saturated heterocycles. The van der Waals surface area contributed by atoms with Crippen LogP contribution in [0.4, 0.5) is 0 Å². The number of carboxylic acid groups (broad SMARTS) is 1. The Morgan fingerprint density at radius 1 is 1.48 bits per heavy atom. The number of methoxy groups -OCH3 is 1. The Bertz CT molecular complexity index is 634. The first-order valence-electron chi connectivity index (χ1n) is 7.50. The molecule has 1 unspecified atom stereocenters. The van der Waals surface area contributed by atoms with Crippen LogP contribution >= 0.6 is 0 Å². The van der Waals surface area contributed by atoms with Crippen LogP contribution in [0.3, 0.4) is 0 Å².